The smallest absolute Gasteiger partial charge is 0.407 e. The molecule has 0 saturated carbocycles. The van der Waals surface area contributed by atoms with Crippen LogP contribution in [0.15, 0.2) is 0 Å². The minimum absolute atomic E-state index is 0.0210. The zero-order valence-corrected chi connectivity index (χ0v) is 31.5. The van der Waals surface area contributed by atoms with Crippen LogP contribution in [0.3, 0.4) is 0 Å². The fourth-order valence-electron chi connectivity index (χ4n) is 2.85. The molecule has 8 N–H and O–H groups in total. The summed E-state index contributed by atoms with van der Waals surface area (Å²) in [5.74, 6) is -2.25. The molecule has 0 spiro atoms. The number of halogens is 6. The van der Waals surface area contributed by atoms with Gasteiger partial charge < -0.3 is 41.8 Å². The normalized spacial score (nSPS) is 10.6. The number of carbonyl (C=O) groups is 4. The van der Waals surface area contributed by atoms with Crippen LogP contribution < -0.4 is 22.1 Å². The van der Waals surface area contributed by atoms with E-state index in [1.807, 2.05) is 136 Å². The third kappa shape index (κ3) is 8.23. The van der Waals surface area contributed by atoms with E-state index in [0.29, 0.717) is 43.9 Å². The number of hydrogen-bond acceptors (Lipinski definition) is 8. The summed E-state index contributed by atoms with van der Waals surface area (Å²) in [5.41, 5.74) is 13.9. The van der Waals surface area contributed by atoms with Crippen LogP contribution in [0.25, 0.3) is 0 Å². The Morgan fingerprint density at radius 3 is 1.21 bits per heavy atom. The number of benzene rings is 2. The van der Waals surface area contributed by atoms with Crippen molar-refractivity contribution in [2.45, 2.75) is 13.1 Å². The van der Waals surface area contributed by atoms with Crippen LogP contribution in [-0.4, -0.2) is 47.6 Å². The van der Waals surface area contributed by atoms with Gasteiger partial charge in [0.05, 0.1) is 29.6 Å². The summed E-state index contributed by atoms with van der Waals surface area (Å²) in [4.78, 5) is 47.4. The molecule has 0 aliphatic heterocycles. The largest absolute Gasteiger partial charge is 0.478 e. The molecule has 2 aromatic carbocycles. The van der Waals surface area contributed by atoms with E-state index in [1.54, 1.807) is 0 Å². The van der Waals surface area contributed by atoms with Crippen molar-refractivity contribution >= 4 is 171 Å². The molecule has 0 saturated heterocycles. The lowest BCUT2D eigenvalue weighted by molar-refractivity contribution is 0.0683. The van der Waals surface area contributed by atoms with E-state index in [9.17, 15) is 29.4 Å². The van der Waals surface area contributed by atoms with E-state index in [2.05, 4.69) is 10.6 Å². The van der Waals surface area contributed by atoms with Gasteiger partial charge in [0.1, 0.15) is 13.2 Å². The highest BCUT2D eigenvalue weighted by atomic mass is 127. The van der Waals surface area contributed by atoms with Crippen molar-refractivity contribution in [1.82, 2.24) is 10.6 Å². The Morgan fingerprint density at radius 1 is 0.605 bits per heavy atom. The van der Waals surface area contributed by atoms with Crippen molar-refractivity contribution in [2.24, 2.45) is 0 Å². The van der Waals surface area contributed by atoms with Crippen LogP contribution in [0.1, 0.15) is 31.8 Å². The third-order valence-electron chi connectivity index (χ3n) is 4.68. The summed E-state index contributed by atoms with van der Waals surface area (Å²) < 4.78 is 13.0. The lowest BCUT2D eigenvalue weighted by Gasteiger charge is -2.16. The summed E-state index contributed by atoms with van der Waals surface area (Å²) in [7, 11) is 0. The Balaban J connectivity index is 1.88. The zero-order chi connectivity index (χ0) is 28.9. The first-order valence-corrected chi connectivity index (χ1v) is 16.3. The van der Waals surface area contributed by atoms with Crippen molar-refractivity contribution in [3.05, 3.63) is 43.7 Å². The van der Waals surface area contributed by atoms with Gasteiger partial charge in [0.2, 0.25) is 0 Å². The molecule has 38 heavy (non-hydrogen) atoms. The van der Waals surface area contributed by atoms with E-state index < -0.39 is 24.1 Å². The lowest BCUT2D eigenvalue weighted by atomic mass is 10.1. The van der Waals surface area contributed by atoms with Crippen LogP contribution in [0, 0.1) is 21.4 Å². The first-order chi connectivity index (χ1) is 17.7. The van der Waals surface area contributed by atoms with Gasteiger partial charge in [-0.15, -0.1) is 0 Å². The van der Waals surface area contributed by atoms with Gasteiger partial charge in [0.25, 0.3) is 0 Å². The molecule has 0 aromatic heterocycles. The van der Waals surface area contributed by atoms with Gasteiger partial charge >= 0.3 is 24.1 Å². The number of carboxylic acids is 2. The summed E-state index contributed by atoms with van der Waals surface area (Å²) in [6, 6.07) is 0. The maximum Gasteiger partial charge on any atom is 0.407 e. The molecule has 0 aliphatic rings. The number of ether oxygens (including phenoxy) is 2. The Bertz CT molecular complexity index is 1220. The minimum Gasteiger partial charge on any atom is -0.478 e. The molecule has 2 aromatic rings. The van der Waals surface area contributed by atoms with Crippen molar-refractivity contribution in [1.29, 1.82) is 0 Å². The van der Waals surface area contributed by atoms with Crippen molar-refractivity contribution in [3.8, 4) is 0 Å². The highest BCUT2D eigenvalue weighted by Gasteiger charge is 2.24. The number of carboxylic acid groups (broad SMARTS) is 2. The molecule has 0 unspecified atom stereocenters. The standard InChI is InChI=1S/C20H16I6N4O8/c21-9-5(11(23)15(27)13(25)7(9)17(31)32)3-29-19(35)37-1-2-38-20(36)30-4-6-10(22)8(18(33)34)14(26)16(28)12(6)24/h1-4,27-28H2,(H,29,35)(H,30,36)(H,31,32)(H,33,34). The number of amides is 2. The Labute approximate surface area is 297 Å². The number of carbonyl (C=O) groups excluding carboxylic acids is 2. The SMILES string of the molecule is Nc1c(I)c(CNC(=O)OCCOC(=O)NCc2c(I)c(N)c(I)c(C(=O)O)c2I)c(I)c(C(=O)O)c1I. The number of anilines is 2. The predicted molar refractivity (Wildman–Crippen MR) is 188 cm³/mol. The van der Waals surface area contributed by atoms with E-state index >= 15 is 0 Å². The molecule has 18 heteroatoms. The van der Waals surface area contributed by atoms with Gasteiger partial charge in [-0.05, 0) is 136 Å². The maximum absolute atomic E-state index is 12.1. The third-order valence-corrected chi connectivity index (χ3v) is 11.8. The number of nitrogens with one attached hydrogen (secondary N) is 2. The van der Waals surface area contributed by atoms with Crippen LogP contribution in [0.2, 0.25) is 0 Å². The van der Waals surface area contributed by atoms with Gasteiger partial charge in [0, 0.05) is 38.5 Å². The van der Waals surface area contributed by atoms with Gasteiger partial charge in [0.15, 0.2) is 0 Å². The molecule has 0 atom stereocenters. The number of nitrogens with two attached hydrogens (primary N) is 2. The van der Waals surface area contributed by atoms with Gasteiger partial charge in [-0.2, -0.15) is 0 Å². The molecule has 206 valence electrons. The molecule has 0 aliphatic carbocycles. The van der Waals surface area contributed by atoms with Crippen molar-refractivity contribution < 1.29 is 38.9 Å². The quantitative estimate of drug-likeness (QED) is 0.112. The number of nitrogen functional groups attached to an aromatic ring is 2. The summed E-state index contributed by atoms with van der Waals surface area (Å²) >= 11 is 11.5. The zero-order valence-electron chi connectivity index (χ0n) is 18.6. The van der Waals surface area contributed by atoms with Crippen molar-refractivity contribution in [2.75, 3.05) is 24.7 Å². The molecule has 0 radical (unpaired) electrons. The highest BCUT2D eigenvalue weighted by Crippen LogP contribution is 2.35. The molecular formula is C20H16I6N4O8. The summed E-state index contributed by atoms with van der Waals surface area (Å²) in [5, 5.41) is 24.0. The topological polar surface area (TPSA) is 203 Å². The van der Waals surface area contributed by atoms with Gasteiger partial charge in [-0.1, -0.05) is 0 Å². The average molecular weight is 1200 g/mol. The number of alkyl carbamates (subject to hydrolysis) is 2. The molecule has 0 bridgehead atoms. The van der Waals surface area contributed by atoms with E-state index in [1.165, 1.54) is 0 Å². The second-order valence-electron chi connectivity index (χ2n) is 7.01. The number of aromatic carboxylic acids is 2. The molecule has 0 heterocycles. The molecular weight excluding hydrogens is 1190 g/mol. The summed E-state index contributed by atoms with van der Waals surface area (Å²) in [6.07, 6.45) is -1.59. The highest BCUT2D eigenvalue weighted by molar-refractivity contribution is 14.1. The summed E-state index contributed by atoms with van der Waals surface area (Å²) in [6.45, 7) is -0.519. The molecule has 0 fully saturated rings. The van der Waals surface area contributed by atoms with Crippen LogP contribution in [0.4, 0.5) is 21.0 Å². The first-order valence-electron chi connectivity index (χ1n) is 9.87. The molecule has 2 amide bonds. The predicted octanol–water partition coefficient (Wildman–Crippen LogP) is 5.03. The van der Waals surface area contributed by atoms with Crippen LogP contribution in [0.5, 0.6) is 0 Å². The molecule has 12 nitrogen and oxygen atoms in total. The monoisotopic (exact) mass is 1200 g/mol. The van der Waals surface area contributed by atoms with E-state index in [-0.39, 0.29) is 37.4 Å². The second kappa shape index (κ2) is 15.2. The lowest BCUT2D eigenvalue weighted by Crippen LogP contribution is -2.29. The minimum atomic E-state index is -1.13. The fraction of sp³-hybridized carbons (Fsp3) is 0.200. The van der Waals surface area contributed by atoms with Crippen LogP contribution >= 0.6 is 136 Å². The van der Waals surface area contributed by atoms with E-state index in [4.69, 9.17) is 20.9 Å². The van der Waals surface area contributed by atoms with E-state index in [0.717, 1.165) is 0 Å². The Hall–Kier alpha value is -0.100. The first kappa shape index (κ1) is 34.1. The average Bonchev–Trinajstić information content (AvgIpc) is 2.83. The Kier molecular flexibility index (Phi) is 13.7. The fourth-order valence-corrected chi connectivity index (χ4v) is 10.9. The molecule has 2 rings (SSSR count). The maximum atomic E-state index is 12.1. The number of hydrogen-bond donors (Lipinski definition) is 6. The number of rotatable bonds is 9. The van der Waals surface area contributed by atoms with Crippen molar-refractivity contribution in [3.63, 3.8) is 0 Å². The van der Waals surface area contributed by atoms with Gasteiger partial charge in [-0.3, -0.25) is 0 Å². The Morgan fingerprint density at radius 2 is 0.921 bits per heavy atom. The van der Waals surface area contributed by atoms with Crippen LogP contribution in [-0.2, 0) is 22.6 Å². The second-order valence-corrected chi connectivity index (χ2v) is 13.5. The van der Waals surface area contributed by atoms with Gasteiger partial charge in [-0.25, -0.2) is 19.2 Å².